The van der Waals surface area contributed by atoms with E-state index >= 15 is 0 Å². The van der Waals surface area contributed by atoms with Crippen LogP contribution in [0.25, 0.3) is 0 Å². The molecule has 1 rings (SSSR count). The Morgan fingerprint density at radius 1 is 1.45 bits per heavy atom. The van der Waals surface area contributed by atoms with Gasteiger partial charge in [0.2, 0.25) is 0 Å². The normalized spacial score (nSPS) is 28.4. The van der Waals surface area contributed by atoms with Crippen LogP contribution in [-0.4, -0.2) is 5.78 Å². The molecule has 0 bridgehead atoms. The Bertz CT molecular complexity index is 211. The highest BCUT2D eigenvalue weighted by Crippen LogP contribution is 2.55. The van der Waals surface area contributed by atoms with Gasteiger partial charge in [-0.25, -0.2) is 0 Å². The van der Waals surface area contributed by atoms with E-state index in [0.717, 1.165) is 0 Å². The lowest BCUT2D eigenvalue weighted by Crippen LogP contribution is -1.94. The van der Waals surface area contributed by atoms with Gasteiger partial charge in [0.1, 0.15) is 0 Å². The third-order valence-electron chi connectivity index (χ3n) is 2.49. The monoisotopic (exact) mass is 152 g/mol. The largest absolute Gasteiger partial charge is 0.295 e. The molecule has 0 spiro atoms. The summed E-state index contributed by atoms with van der Waals surface area (Å²) in [7, 11) is 0. The topological polar surface area (TPSA) is 17.1 Å². The molecule has 62 valence electrons. The van der Waals surface area contributed by atoms with Gasteiger partial charge in [0.15, 0.2) is 5.78 Å². The average molecular weight is 152 g/mol. The predicted octanol–water partition coefficient (Wildman–Crippen LogP) is 2.57. The molecule has 0 aromatic heterocycles. The Morgan fingerprint density at radius 3 is 2.18 bits per heavy atom. The van der Waals surface area contributed by atoms with Crippen molar-refractivity contribution in [2.24, 2.45) is 11.3 Å². The Balaban J connectivity index is 2.58. The lowest BCUT2D eigenvalue weighted by atomic mass is 10.0. The van der Waals surface area contributed by atoms with Gasteiger partial charge in [-0.3, -0.25) is 4.79 Å². The van der Waals surface area contributed by atoms with E-state index in [-0.39, 0.29) is 5.78 Å². The van der Waals surface area contributed by atoms with Crippen molar-refractivity contribution in [2.45, 2.75) is 34.1 Å². The molecule has 1 atom stereocenters. The fraction of sp³-hybridized carbons (Fsp3) is 0.700. The quantitative estimate of drug-likeness (QED) is 0.556. The molecule has 1 unspecified atom stereocenters. The zero-order chi connectivity index (χ0) is 8.65. The van der Waals surface area contributed by atoms with E-state index in [4.69, 9.17) is 0 Å². The van der Waals surface area contributed by atoms with Crippen molar-refractivity contribution in [1.29, 1.82) is 0 Å². The number of carbonyl (C=O) groups is 1. The third kappa shape index (κ3) is 1.92. The van der Waals surface area contributed by atoms with Crippen LogP contribution in [0.4, 0.5) is 0 Å². The van der Waals surface area contributed by atoms with Crippen molar-refractivity contribution in [3.05, 3.63) is 11.6 Å². The molecular formula is C10H16O. The summed E-state index contributed by atoms with van der Waals surface area (Å²) in [5.74, 6) is 0.830. The highest BCUT2D eigenvalue weighted by molar-refractivity contribution is 5.88. The van der Waals surface area contributed by atoms with E-state index in [2.05, 4.69) is 20.8 Å². The lowest BCUT2D eigenvalue weighted by molar-refractivity contribution is -0.112. The van der Waals surface area contributed by atoms with Crippen LogP contribution < -0.4 is 0 Å². The summed E-state index contributed by atoms with van der Waals surface area (Å²) in [6.07, 6.45) is 3.00. The first-order valence-corrected chi connectivity index (χ1v) is 4.12. The number of rotatable bonds is 2. The van der Waals surface area contributed by atoms with Gasteiger partial charge >= 0.3 is 0 Å². The van der Waals surface area contributed by atoms with Crippen LogP contribution in [0.3, 0.4) is 0 Å². The SMILES string of the molecule is CC(=O)/C=C(\C)C1CC1(C)C. The molecule has 0 aromatic rings. The van der Waals surface area contributed by atoms with E-state index in [1.165, 1.54) is 12.0 Å². The molecule has 1 aliphatic rings. The van der Waals surface area contributed by atoms with E-state index < -0.39 is 0 Å². The number of ketones is 1. The molecule has 0 aliphatic heterocycles. The van der Waals surface area contributed by atoms with Crippen LogP contribution in [0.1, 0.15) is 34.1 Å². The van der Waals surface area contributed by atoms with Crippen LogP contribution in [0.5, 0.6) is 0 Å². The molecular weight excluding hydrogens is 136 g/mol. The van der Waals surface area contributed by atoms with Crippen molar-refractivity contribution in [1.82, 2.24) is 0 Å². The molecule has 0 amide bonds. The first kappa shape index (κ1) is 8.51. The molecule has 0 aromatic carbocycles. The fourth-order valence-electron chi connectivity index (χ4n) is 1.67. The fourth-order valence-corrected chi connectivity index (χ4v) is 1.67. The molecule has 1 fully saturated rings. The zero-order valence-corrected chi connectivity index (χ0v) is 7.77. The van der Waals surface area contributed by atoms with Crippen molar-refractivity contribution in [3.63, 3.8) is 0 Å². The summed E-state index contributed by atoms with van der Waals surface area (Å²) in [4.78, 5) is 10.7. The van der Waals surface area contributed by atoms with Gasteiger partial charge in [0.25, 0.3) is 0 Å². The minimum Gasteiger partial charge on any atom is -0.295 e. The van der Waals surface area contributed by atoms with Gasteiger partial charge in [-0.1, -0.05) is 19.4 Å². The standard InChI is InChI=1S/C10H16O/c1-7(5-8(2)11)9-6-10(9,3)4/h5,9H,6H2,1-4H3/b7-5+. The van der Waals surface area contributed by atoms with E-state index in [1.807, 2.05) is 0 Å². The highest BCUT2D eigenvalue weighted by atomic mass is 16.1. The van der Waals surface area contributed by atoms with Crippen molar-refractivity contribution in [2.75, 3.05) is 0 Å². The van der Waals surface area contributed by atoms with Gasteiger partial charge in [-0.2, -0.15) is 0 Å². The van der Waals surface area contributed by atoms with Crippen LogP contribution in [0, 0.1) is 11.3 Å². The molecule has 0 heterocycles. The maximum atomic E-state index is 10.7. The molecule has 0 radical (unpaired) electrons. The summed E-state index contributed by atoms with van der Waals surface area (Å²) in [6.45, 7) is 8.16. The average Bonchev–Trinajstić information content (AvgIpc) is 2.38. The predicted molar refractivity (Wildman–Crippen MR) is 46.3 cm³/mol. The molecule has 1 saturated carbocycles. The summed E-state index contributed by atoms with van der Waals surface area (Å²) >= 11 is 0. The minimum absolute atomic E-state index is 0.171. The summed E-state index contributed by atoms with van der Waals surface area (Å²) in [5.41, 5.74) is 1.71. The molecule has 1 heteroatoms. The first-order valence-electron chi connectivity index (χ1n) is 4.12. The van der Waals surface area contributed by atoms with Crippen LogP contribution in [0.15, 0.2) is 11.6 Å². The summed E-state index contributed by atoms with van der Waals surface area (Å²) < 4.78 is 0. The molecule has 0 saturated heterocycles. The summed E-state index contributed by atoms with van der Waals surface area (Å²) in [6, 6.07) is 0. The van der Waals surface area contributed by atoms with Crippen molar-refractivity contribution < 1.29 is 4.79 Å². The van der Waals surface area contributed by atoms with Crippen molar-refractivity contribution in [3.8, 4) is 0 Å². The number of hydrogen-bond donors (Lipinski definition) is 0. The maximum Gasteiger partial charge on any atom is 0.152 e. The minimum atomic E-state index is 0.171. The second-order valence-electron chi connectivity index (χ2n) is 4.24. The first-order chi connectivity index (χ1) is 4.93. The van der Waals surface area contributed by atoms with E-state index in [9.17, 15) is 4.79 Å². The van der Waals surface area contributed by atoms with Crippen LogP contribution in [-0.2, 0) is 4.79 Å². The zero-order valence-electron chi connectivity index (χ0n) is 7.77. The Hall–Kier alpha value is -0.590. The van der Waals surface area contributed by atoms with Gasteiger partial charge in [-0.15, -0.1) is 0 Å². The van der Waals surface area contributed by atoms with Gasteiger partial charge in [0.05, 0.1) is 0 Å². The second-order valence-corrected chi connectivity index (χ2v) is 4.24. The lowest BCUT2D eigenvalue weighted by Gasteiger charge is -2.01. The Kier molecular flexibility index (Phi) is 1.91. The Morgan fingerprint density at radius 2 is 1.91 bits per heavy atom. The van der Waals surface area contributed by atoms with Gasteiger partial charge < -0.3 is 0 Å². The van der Waals surface area contributed by atoms with E-state index in [1.54, 1.807) is 13.0 Å². The van der Waals surface area contributed by atoms with Crippen molar-refractivity contribution >= 4 is 5.78 Å². The molecule has 1 aliphatic carbocycles. The smallest absolute Gasteiger partial charge is 0.152 e. The molecule has 0 N–H and O–H groups in total. The third-order valence-corrected chi connectivity index (χ3v) is 2.49. The van der Waals surface area contributed by atoms with Crippen LogP contribution >= 0.6 is 0 Å². The summed E-state index contributed by atoms with van der Waals surface area (Å²) in [5, 5.41) is 0. The van der Waals surface area contributed by atoms with Gasteiger partial charge in [-0.05, 0) is 37.7 Å². The molecule has 11 heavy (non-hydrogen) atoms. The number of hydrogen-bond acceptors (Lipinski definition) is 1. The Labute approximate surface area is 68.5 Å². The van der Waals surface area contributed by atoms with E-state index in [0.29, 0.717) is 11.3 Å². The number of carbonyl (C=O) groups excluding carboxylic acids is 1. The second kappa shape index (κ2) is 2.47. The molecule has 1 nitrogen and oxygen atoms in total. The van der Waals surface area contributed by atoms with Crippen LogP contribution in [0.2, 0.25) is 0 Å². The highest BCUT2D eigenvalue weighted by Gasteiger charge is 2.46. The maximum absolute atomic E-state index is 10.7. The van der Waals surface area contributed by atoms with Gasteiger partial charge in [0, 0.05) is 0 Å². The number of allylic oxidation sites excluding steroid dienone is 2.